The lowest BCUT2D eigenvalue weighted by Gasteiger charge is -2.56. The molecule has 2 N–H and O–H groups in total. The van der Waals surface area contributed by atoms with Crippen LogP contribution in [0.4, 0.5) is 5.69 Å². The molecule has 0 aromatic heterocycles. The Kier molecular flexibility index (Phi) is 5.37. The van der Waals surface area contributed by atoms with Crippen LogP contribution >= 0.6 is 0 Å². The molecule has 0 aliphatic heterocycles. The van der Waals surface area contributed by atoms with E-state index in [4.69, 9.17) is 0 Å². The van der Waals surface area contributed by atoms with E-state index in [9.17, 15) is 23.3 Å². The second-order valence-corrected chi connectivity index (χ2v) is 10.9. The van der Waals surface area contributed by atoms with E-state index in [1.807, 2.05) is 0 Å². The molecule has 0 spiro atoms. The van der Waals surface area contributed by atoms with E-state index in [1.54, 1.807) is 0 Å². The molecule has 158 valence electrons. The van der Waals surface area contributed by atoms with Crippen LogP contribution in [0.2, 0.25) is 0 Å². The van der Waals surface area contributed by atoms with E-state index in [2.05, 4.69) is 10.0 Å². The van der Waals surface area contributed by atoms with Crippen molar-refractivity contribution in [3.8, 4) is 0 Å². The molecule has 1 aromatic carbocycles. The molecule has 4 aliphatic carbocycles. The van der Waals surface area contributed by atoms with Gasteiger partial charge in [-0.3, -0.25) is 14.9 Å². The first-order valence-corrected chi connectivity index (χ1v) is 11.7. The summed E-state index contributed by atoms with van der Waals surface area (Å²) in [5.41, 5.74) is -0.00206. The number of hydrogen-bond acceptors (Lipinski definition) is 5. The van der Waals surface area contributed by atoms with Gasteiger partial charge in [-0.25, -0.2) is 13.1 Å². The van der Waals surface area contributed by atoms with Gasteiger partial charge in [0.15, 0.2) is 0 Å². The molecular formula is C20H27N3O5S. The van der Waals surface area contributed by atoms with Crippen LogP contribution in [-0.2, 0) is 14.8 Å². The number of benzene rings is 1. The molecule has 4 fully saturated rings. The molecule has 8 nitrogen and oxygen atoms in total. The summed E-state index contributed by atoms with van der Waals surface area (Å²) in [6.45, 7) is 0.295. The molecule has 0 atom stereocenters. The molecule has 0 radical (unpaired) electrons. The largest absolute Gasteiger partial charge is 0.355 e. The quantitative estimate of drug-likeness (QED) is 0.380. The maximum atomic E-state index is 12.5. The molecule has 5 rings (SSSR count). The third-order valence-corrected chi connectivity index (χ3v) is 8.27. The monoisotopic (exact) mass is 421 g/mol. The van der Waals surface area contributed by atoms with Gasteiger partial charge >= 0.3 is 0 Å². The Bertz CT molecular complexity index is 862. The SMILES string of the molecule is O=C(CC12CC3CC(CC(C3)C1)C2)NCCNS(=O)(=O)c1ccc([N+](=O)[O-])cc1. The highest BCUT2D eigenvalue weighted by atomic mass is 32.2. The molecule has 1 aromatic rings. The van der Waals surface area contributed by atoms with Crippen LogP contribution in [0.15, 0.2) is 29.2 Å². The Labute approximate surface area is 170 Å². The molecular weight excluding hydrogens is 394 g/mol. The standard InChI is InChI=1S/C20H27N3O5S/c24-19(13-20-10-14-7-15(11-20)9-16(8-14)12-20)21-5-6-22-29(27,28)18-3-1-17(2-4-18)23(25)26/h1-4,14-16,22H,5-13H2,(H,21,24). The summed E-state index contributed by atoms with van der Waals surface area (Å²) < 4.78 is 27.0. The average Bonchev–Trinajstić information content (AvgIpc) is 2.64. The fourth-order valence-corrected chi connectivity index (χ4v) is 7.16. The summed E-state index contributed by atoms with van der Waals surface area (Å²) in [7, 11) is -3.77. The molecule has 4 bridgehead atoms. The molecule has 4 aliphatic rings. The smallest absolute Gasteiger partial charge is 0.269 e. The number of nitro groups is 1. The van der Waals surface area contributed by atoms with Gasteiger partial charge in [0.1, 0.15) is 0 Å². The van der Waals surface area contributed by atoms with Crippen LogP contribution in [-0.4, -0.2) is 32.3 Å². The third-order valence-electron chi connectivity index (χ3n) is 6.80. The van der Waals surface area contributed by atoms with E-state index in [0.717, 1.165) is 29.9 Å². The predicted octanol–water partition coefficient (Wildman–Crippen LogP) is 2.60. The van der Waals surface area contributed by atoms with Crippen molar-refractivity contribution in [3.05, 3.63) is 34.4 Å². The number of nitrogens with one attached hydrogen (secondary N) is 2. The first kappa shape index (κ1) is 20.3. The summed E-state index contributed by atoms with van der Waals surface area (Å²) in [6.07, 6.45) is 8.06. The van der Waals surface area contributed by atoms with Gasteiger partial charge in [0.25, 0.3) is 5.69 Å². The number of carbonyl (C=O) groups excluding carboxylic acids is 1. The first-order chi connectivity index (χ1) is 13.7. The Morgan fingerprint density at radius 2 is 1.59 bits per heavy atom. The van der Waals surface area contributed by atoms with Crippen molar-refractivity contribution in [2.75, 3.05) is 13.1 Å². The van der Waals surface area contributed by atoms with Crippen molar-refractivity contribution in [2.45, 2.75) is 49.8 Å². The number of amides is 1. The Balaban J connectivity index is 1.24. The fourth-order valence-electron chi connectivity index (χ4n) is 6.13. The zero-order valence-electron chi connectivity index (χ0n) is 16.3. The van der Waals surface area contributed by atoms with E-state index in [-0.39, 0.29) is 35.0 Å². The molecule has 29 heavy (non-hydrogen) atoms. The summed E-state index contributed by atoms with van der Waals surface area (Å²) in [4.78, 5) is 22.5. The highest BCUT2D eigenvalue weighted by Gasteiger charge is 2.51. The number of non-ortho nitro benzene ring substituents is 1. The number of rotatable bonds is 8. The minimum Gasteiger partial charge on any atom is -0.355 e. The number of hydrogen-bond donors (Lipinski definition) is 2. The van der Waals surface area contributed by atoms with Crippen molar-refractivity contribution in [2.24, 2.45) is 23.2 Å². The first-order valence-electron chi connectivity index (χ1n) is 10.3. The van der Waals surface area contributed by atoms with Gasteiger partial charge in [-0.05, 0) is 73.8 Å². The molecule has 4 saturated carbocycles. The number of carbonyl (C=O) groups is 1. The van der Waals surface area contributed by atoms with Crippen LogP contribution in [0.1, 0.15) is 44.9 Å². The van der Waals surface area contributed by atoms with Gasteiger partial charge < -0.3 is 5.32 Å². The number of nitrogens with zero attached hydrogens (tertiary/aromatic N) is 1. The highest BCUT2D eigenvalue weighted by molar-refractivity contribution is 7.89. The lowest BCUT2D eigenvalue weighted by molar-refractivity contribution is -0.384. The molecule has 0 unspecified atom stereocenters. The van der Waals surface area contributed by atoms with Crippen molar-refractivity contribution < 1.29 is 18.1 Å². The highest BCUT2D eigenvalue weighted by Crippen LogP contribution is 2.61. The maximum absolute atomic E-state index is 12.5. The van der Waals surface area contributed by atoms with Crippen molar-refractivity contribution >= 4 is 21.6 Å². The summed E-state index contributed by atoms with van der Waals surface area (Å²) in [5.74, 6) is 2.38. The van der Waals surface area contributed by atoms with Crippen LogP contribution in [0, 0.1) is 33.3 Å². The zero-order valence-corrected chi connectivity index (χ0v) is 17.1. The Hall–Kier alpha value is -2.00. The minimum absolute atomic E-state index is 0.00137. The second-order valence-electron chi connectivity index (χ2n) is 9.09. The van der Waals surface area contributed by atoms with Gasteiger partial charge in [0, 0.05) is 31.6 Å². The van der Waals surface area contributed by atoms with Crippen LogP contribution < -0.4 is 10.0 Å². The van der Waals surface area contributed by atoms with Crippen LogP contribution in [0.3, 0.4) is 0 Å². The molecule has 9 heteroatoms. The minimum atomic E-state index is -3.77. The predicted molar refractivity (Wildman–Crippen MR) is 107 cm³/mol. The third kappa shape index (κ3) is 4.45. The molecule has 0 saturated heterocycles. The fraction of sp³-hybridized carbons (Fsp3) is 0.650. The number of nitro benzene ring substituents is 1. The van der Waals surface area contributed by atoms with Crippen LogP contribution in [0.25, 0.3) is 0 Å². The molecule has 0 heterocycles. The summed E-state index contributed by atoms with van der Waals surface area (Å²) >= 11 is 0. The lowest BCUT2D eigenvalue weighted by Crippen LogP contribution is -2.48. The summed E-state index contributed by atoms with van der Waals surface area (Å²) in [6, 6.07) is 4.71. The van der Waals surface area contributed by atoms with E-state index in [1.165, 1.54) is 50.7 Å². The van der Waals surface area contributed by atoms with E-state index < -0.39 is 14.9 Å². The second kappa shape index (κ2) is 7.68. The van der Waals surface area contributed by atoms with Gasteiger partial charge in [-0.1, -0.05) is 0 Å². The maximum Gasteiger partial charge on any atom is 0.269 e. The topological polar surface area (TPSA) is 118 Å². The van der Waals surface area contributed by atoms with Gasteiger partial charge in [0.05, 0.1) is 9.82 Å². The lowest BCUT2D eigenvalue weighted by atomic mass is 9.49. The normalized spacial score (nSPS) is 30.3. The van der Waals surface area contributed by atoms with Crippen molar-refractivity contribution in [1.82, 2.24) is 10.0 Å². The average molecular weight is 422 g/mol. The Morgan fingerprint density at radius 1 is 1.03 bits per heavy atom. The van der Waals surface area contributed by atoms with Gasteiger partial charge in [-0.15, -0.1) is 0 Å². The Morgan fingerprint density at radius 3 is 2.10 bits per heavy atom. The van der Waals surface area contributed by atoms with Gasteiger partial charge in [-0.2, -0.15) is 0 Å². The van der Waals surface area contributed by atoms with Crippen LogP contribution in [0.5, 0.6) is 0 Å². The van der Waals surface area contributed by atoms with E-state index >= 15 is 0 Å². The van der Waals surface area contributed by atoms with E-state index in [0.29, 0.717) is 6.42 Å². The summed E-state index contributed by atoms with van der Waals surface area (Å²) in [5, 5.41) is 13.5. The van der Waals surface area contributed by atoms with Crippen molar-refractivity contribution in [1.29, 1.82) is 0 Å². The zero-order chi connectivity index (χ0) is 20.6. The number of sulfonamides is 1. The molecule has 1 amide bonds. The van der Waals surface area contributed by atoms with Crippen molar-refractivity contribution in [3.63, 3.8) is 0 Å². The van der Waals surface area contributed by atoms with Gasteiger partial charge in [0.2, 0.25) is 15.9 Å².